The van der Waals surface area contributed by atoms with Crippen molar-refractivity contribution in [2.24, 2.45) is 5.92 Å². The van der Waals surface area contributed by atoms with E-state index in [1.54, 1.807) is 0 Å². The fourth-order valence-electron chi connectivity index (χ4n) is 3.67. The molecule has 3 aromatic rings. The molecule has 2 aromatic heterocycles. The van der Waals surface area contributed by atoms with Crippen LogP contribution in [-0.4, -0.2) is 17.5 Å². The molecule has 144 valence electrons. The highest BCUT2D eigenvalue weighted by molar-refractivity contribution is 7.21. The largest absolute Gasteiger partial charge is 0.493 e. The van der Waals surface area contributed by atoms with Crippen molar-refractivity contribution in [3.63, 3.8) is 0 Å². The third kappa shape index (κ3) is 3.67. The molecule has 1 N–H and O–H groups in total. The molecule has 0 saturated carbocycles. The molecule has 0 aliphatic carbocycles. The molecule has 4 rings (SSSR count). The molecule has 5 heteroatoms. The fraction of sp³-hybridized carbons (Fsp3) is 0.304. The molecule has 1 aliphatic rings. The zero-order valence-corrected chi connectivity index (χ0v) is 17.2. The number of nitrogens with zero attached hydrogens (tertiary/aromatic N) is 1. The van der Waals surface area contributed by atoms with Crippen molar-refractivity contribution in [3.8, 4) is 5.75 Å². The average molecular weight is 393 g/mol. The van der Waals surface area contributed by atoms with Crippen LogP contribution in [0.15, 0.2) is 48.7 Å². The number of thiophene rings is 1. The number of carbonyl (C=O) groups is 1. The maximum absolute atomic E-state index is 13.0. The predicted molar refractivity (Wildman–Crippen MR) is 115 cm³/mol. The minimum atomic E-state index is -0.0545. The molecule has 0 spiro atoms. The molecule has 0 unspecified atom stereocenters. The van der Waals surface area contributed by atoms with Gasteiger partial charge < -0.3 is 10.1 Å². The van der Waals surface area contributed by atoms with Crippen LogP contribution in [0, 0.1) is 5.92 Å². The monoisotopic (exact) mass is 392 g/mol. The van der Waals surface area contributed by atoms with E-state index < -0.39 is 0 Å². The van der Waals surface area contributed by atoms with Crippen molar-refractivity contribution < 1.29 is 9.53 Å². The van der Waals surface area contributed by atoms with Gasteiger partial charge in [0.25, 0.3) is 5.91 Å². The van der Waals surface area contributed by atoms with E-state index in [0.29, 0.717) is 17.4 Å². The van der Waals surface area contributed by atoms with Crippen LogP contribution in [0.1, 0.15) is 54.0 Å². The molecule has 1 amide bonds. The molecule has 0 radical (unpaired) electrons. The number of hydrogen-bond acceptors (Lipinski definition) is 4. The van der Waals surface area contributed by atoms with Gasteiger partial charge in [0.05, 0.1) is 27.7 Å². The van der Waals surface area contributed by atoms with Crippen LogP contribution in [0.3, 0.4) is 0 Å². The topological polar surface area (TPSA) is 51.2 Å². The predicted octanol–water partition coefficient (Wildman–Crippen LogP) is 5.61. The van der Waals surface area contributed by atoms with Gasteiger partial charge in [0.1, 0.15) is 5.75 Å². The molecule has 1 atom stereocenters. The molecule has 1 aromatic carbocycles. The summed E-state index contributed by atoms with van der Waals surface area (Å²) >= 11 is 1.51. The summed E-state index contributed by atoms with van der Waals surface area (Å²) in [6.45, 7) is 7.06. The zero-order valence-electron chi connectivity index (χ0n) is 16.4. The lowest BCUT2D eigenvalue weighted by Gasteiger charge is -2.26. The zero-order chi connectivity index (χ0) is 19.7. The van der Waals surface area contributed by atoms with Gasteiger partial charge in [0.2, 0.25) is 0 Å². The van der Waals surface area contributed by atoms with Gasteiger partial charge in [0.15, 0.2) is 0 Å². The van der Waals surface area contributed by atoms with Crippen molar-refractivity contribution in [2.75, 3.05) is 6.61 Å². The number of nitrogens with one attached hydrogen (secondary N) is 1. The van der Waals surface area contributed by atoms with Crippen LogP contribution in [0.4, 0.5) is 0 Å². The van der Waals surface area contributed by atoms with Crippen LogP contribution >= 0.6 is 11.3 Å². The first kappa shape index (κ1) is 18.7. The molecule has 0 bridgehead atoms. The van der Waals surface area contributed by atoms with Crippen molar-refractivity contribution in [2.45, 2.75) is 33.2 Å². The fourth-order valence-corrected chi connectivity index (χ4v) is 4.77. The number of rotatable bonds is 4. The van der Waals surface area contributed by atoms with E-state index in [0.717, 1.165) is 33.5 Å². The highest BCUT2D eigenvalue weighted by Gasteiger charge is 2.24. The lowest BCUT2D eigenvalue weighted by molar-refractivity contribution is 0.0929. The first-order valence-electron chi connectivity index (χ1n) is 9.63. The third-order valence-electron chi connectivity index (χ3n) is 4.91. The normalized spacial score (nSPS) is 16.7. The van der Waals surface area contributed by atoms with Gasteiger partial charge in [-0.15, -0.1) is 11.3 Å². The van der Waals surface area contributed by atoms with Crippen molar-refractivity contribution >= 4 is 33.0 Å². The Morgan fingerprint density at radius 1 is 1.32 bits per heavy atom. The first-order chi connectivity index (χ1) is 13.5. The lowest BCUT2D eigenvalue weighted by atomic mass is 10.0. The van der Waals surface area contributed by atoms with Gasteiger partial charge in [-0.3, -0.25) is 9.78 Å². The maximum Gasteiger partial charge on any atom is 0.261 e. The van der Waals surface area contributed by atoms with E-state index in [1.165, 1.54) is 16.9 Å². The second kappa shape index (κ2) is 7.76. The van der Waals surface area contributed by atoms with E-state index in [2.05, 4.69) is 37.1 Å². The lowest BCUT2D eigenvalue weighted by Crippen LogP contribution is -2.31. The Hall–Kier alpha value is -2.66. The second-order valence-electron chi connectivity index (χ2n) is 7.48. The molecular weight excluding hydrogens is 368 g/mol. The quantitative estimate of drug-likeness (QED) is 0.628. The van der Waals surface area contributed by atoms with Gasteiger partial charge in [-0.2, -0.15) is 0 Å². The van der Waals surface area contributed by atoms with Crippen molar-refractivity contribution in [1.29, 1.82) is 0 Å². The van der Waals surface area contributed by atoms with E-state index in [9.17, 15) is 4.79 Å². The number of allylic oxidation sites excluding steroid dienone is 2. The molecule has 28 heavy (non-hydrogen) atoms. The third-order valence-corrected chi connectivity index (χ3v) is 6.06. The highest BCUT2D eigenvalue weighted by atomic mass is 32.1. The SMILES string of the molecule is C/C(=C\C(C)C)c1ccnc2cc(C(=O)N[C@H]3CCOc4ccccc43)sc12. The summed E-state index contributed by atoms with van der Waals surface area (Å²) in [6, 6.07) is 11.8. The minimum absolute atomic E-state index is 0.0299. The summed E-state index contributed by atoms with van der Waals surface area (Å²) in [7, 11) is 0. The van der Waals surface area contributed by atoms with Crippen LogP contribution in [-0.2, 0) is 0 Å². The maximum atomic E-state index is 13.0. The number of fused-ring (bicyclic) bond motifs is 2. The standard InChI is InChI=1S/C23H24N2O2S/c1-14(2)12-15(3)16-8-10-24-19-13-21(28-22(16)19)23(26)25-18-9-11-27-20-7-5-4-6-17(18)20/h4-8,10,12-14,18H,9,11H2,1-3H3,(H,25,26)/b15-12+/t18-/m0/s1. The number of hydrogen-bond donors (Lipinski definition) is 1. The first-order valence-corrected chi connectivity index (χ1v) is 10.4. The highest BCUT2D eigenvalue weighted by Crippen LogP contribution is 2.34. The minimum Gasteiger partial charge on any atom is -0.493 e. The Bertz CT molecular complexity index is 1050. The summed E-state index contributed by atoms with van der Waals surface area (Å²) in [5, 5.41) is 3.18. The van der Waals surface area contributed by atoms with Crippen LogP contribution in [0.5, 0.6) is 5.75 Å². The molecule has 4 nitrogen and oxygen atoms in total. The van der Waals surface area contributed by atoms with E-state index in [-0.39, 0.29) is 11.9 Å². The average Bonchev–Trinajstić information content (AvgIpc) is 3.12. The van der Waals surface area contributed by atoms with Crippen molar-refractivity contribution in [1.82, 2.24) is 10.3 Å². The summed E-state index contributed by atoms with van der Waals surface area (Å²) in [6.07, 6.45) is 4.83. The summed E-state index contributed by atoms with van der Waals surface area (Å²) < 4.78 is 6.76. The summed E-state index contributed by atoms with van der Waals surface area (Å²) in [5.74, 6) is 1.27. The molecule has 0 fully saturated rings. The number of aromatic nitrogens is 1. The van der Waals surface area contributed by atoms with Crippen LogP contribution in [0.2, 0.25) is 0 Å². The van der Waals surface area contributed by atoms with Gasteiger partial charge in [0, 0.05) is 18.2 Å². The number of ether oxygens (including phenoxy) is 1. The Morgan fingerprint density at radius 2 is 2.14 bits per heavy atom. The Labute approximate surface area is 169 Å². The Balaban J connectivity index is 1.63. The van der Waals surface area contributed by atoms with Crippen LogP contribution in [0.25, 0.3) is 15.8 Å². The smallest absolute Gasteiger partial charge is 0.261 e. The van der Waals surface area contributed by atoms with Crippen LogP contribution < -0.4 is 10.1 Å². The van der Waals surface area contributed by atoms with E-state index in [1.807, 2.05) is 42.6 Å². The molecular formula is C23H24N2O2S. The Morgan fingerprint density at radius 3 is 2.96 bits per heavy atom. The van der Waals surface area contributed by atoms with E-state index in [4.69, 9.17) is 4.74 Å². The summed E-state index contributed by atoms with van der Waals surface area (Å²) in [4.78, 5) is 18.1. The number of benzene rings is 1. The molecule has 3 heterocycles. The number of carbonyl (C=O) groups excluding carboxylic acids is 1. The number of para-hydroxylation sites is 1. The molecule has 1 aliphatic heterocycles. The molecule has 0 saturated heterocycles. The van der Waals surface area contributed by atoms with Gasteiger partial charge in [-0.1, -0.05) is 38.1 Å². The van der Waals surface area contributed by atoms with Gasteiger partial charge in [-0.25, -0.2) is 0 Å². The Kier molecular flexibility index (Phi) is 5.18. The number of amides is 1. The number of pyridine rings is 1. The van der Waals surface area contributed by atoms with E-state index >= 15 is 0 Å². The summed E-state index contributed by atoms with van der Waals surface area (Å²) in [5.41, 5.74) is 4.28. The van der Waals surface area contributed by atoms with Gasteiger partial charge >= 0.3 is 0 Å². The van der Waals surface area contributed by atoms with Crippen molar-refractivity contribution in [3.05, 3.63) is 64.7 Å². The van der Waals surface area contributed by atoms with Gasteiger partial charge in [-0.05, 0) is 42.2 Å². The second-order valence-corrected chi connectivity index (χ2v) is 8.53.